The number of anilines is 1. The molecule has 0 unspecified atom stereocenters. The average Bonchev–Trinajstić information content (AvgIpc) is 2.38. The first kappa shape index (κ1) is 14.2. The molecule has 0 spiro atoms. The molecule has 0 bridgehead atoms. The van der Waals surface area contributed by atoms with E-state index in [1.54, 1.807) is 0 Å². The molecule has 0 aromatic heterocycles. The van der Waals surface area contributed by atoms with E-state index in [9.17, 15) is 0 Å². The van der Waals surface area contributed by atoms with Gasteiger partial charge in [-0.3, -0.25) is 0 Å². The first-order chi connectivity index (χ1) is 9.16. The van der Waals surface area contributed by atoms with E-state index in [2.05, 4.69) is 21.2 Å². The maximum atomic E-state index is 6.05. The van der Waals surface area contributed by atoms with Crippen LogP contribution in [0.2, 0.25) is 5.02 Å². The van der Waals surface area contributed by atoms with E-state index in [0.29, 0.717) is 13.2 Å². The van der Waals surface area contributed by atoms with Crippen LogP contribution in [-0.2, 0) is 0 Å². The van der Waals surface area contributed by atoms with Gasteiger partial charge in [0.05, 0.1) is 10.7 Å². The molecule has 4 heteroatoms. The van der Waals surface area contributed by atoms with Crippen LogP contribution in [0.5, 0.6) is 5.75 Å². The predicted octanol–water partition coefficient (Wildman–Crippen LogP) is 4.90. The average molecular weight is 341 g/mol. The zero-order valence-electron chi connectivity index (χ0n) is 10.6. The van der Waals surface area contributed by atoms with E-state index in [1.807, 2.05) is 49.4 Å². The van der Waals surface area contributed by atoms with Crippen LogP contribution in [-0.4, -0.2) is 13.2 Å². The zero-order chi connectivity index (χ0) is 13.7. The highest BCUT2D eigenvalue weighted by molar-refractivity contribution is 9.10. The van der Waals surface area contributed by atoms with Crippen molar-refractivity contribution in [3.05, 3.63) is 57.5 Å². The predicted molar refractivity (Wildman–Crippen MR) is 84.3 cm³/mol. The van der Waals surface area contributed by atoms with Crippen molar-refractivity contribution >= 4 is 33.2 Å². The number of ether oxygens (including phenoxy) is 1. The number of hydrogen-bond acceptors (Lipinski definition) is 2. The molecule has 0 aliphatic heterocycles. The minimum Gasteiger partial charge on any atom is -0.491 e. The van der Waals surface area contributed by atoms with E-state index in [-0.39, 0.29) is 0 Å². The Morgan fingerprint density at radius 3 is 2.74 bits per heavy atom. The van der Waals surface area contributed by atoms with Gasteiger partial charge in [-0.2, -0.15) is 0 Å². The molecular weight excluding hydrogens is 326 g/mol. The summed E-state index contributed by atoms with van der Waals surface area (Å²) in [5.41, 5.74) is 2.05. The number of para-hydroxylation sites is 1. The fourth-order valence-corrected chi connectivity index (χ4v) is 2.40. The molecule has 2 nitrogen and oxygen atoms in total. The van der Waals surface area contributed by atoms with Gasteiger partial charge in [-0.25, -0.2) is 0 Å². The molecule has 0 atom stereocenters. The van der Waals surface area contributed by atoms with Gasteiger partial charge >= 0.3 is 0 Å². The Morgan fingerprint density at radius 2 is 2.00 bits per heavy atom. The highest BCUT2D eigenvalue weighted by Crippen LogP contribution is 2.22. The first-order valence-corrected chi connectivity index (χ1v) is 7.21. The van der Waals surface area contributed by atoms with Crippen LogP contribution in [0.3, 0.4) is 0 Å². The Kier molecular flexibility index (Phi) is 5.11. The Labute approximate surface area is 126 Å². The van der Waals surface area contributed by atoms with Gasteiger partial charge in [0.15, 0.2) is 0 Å². The lowest BCUT2D eigenvalue weighted by atomic mass is 10.2. The molecule has 0 aliphatic rings. The fourth-order valence-electron chi connectivity index (χ4n) is 1.73. The second-order valence-corrected chi connectivity index (χ2v) is 5.49. The maximum Gasteiger partial charge on any atom is 0.122 e. The molecule has 19 heavy (non-hydrogen) atoms. The number of hydrogen-bond donors (Lipinski definition) is 1. The molecule has 0 heterocycles. The third-order valence-electron chi connectivity index (χ3n) is 2.69. The van der Waals surface area contributed by atoms with Crippen molar-refractivity contribution in [1.82, 2.24) is 0 Å². The lowest BCUT2D eigenvalue weighted by Crippen LogP contribution is -2.12. The molecule has 0 amide bonds. The highest BCUT2D eigenvalue weighted by atomic mass is 79.9. The Balaban J connectivity index is 1.83. The SMILES string of the molecule is Cc1cc(Br)ccc1OCCNc1ccccc1Cl. The minimum absolute atomic E-state index is 0.591. The lowest BCUT2D eigenvalue weighted by molar-refractivity contribution is 0.330. The van der Waals surface area contributed by atoms with Gasteiger partial charge in [-0.15, -0.1) is 0 Å². The van der Waals surface area contributed by atoms with Crippen LogP contribution in [0, 0.1) is 6.92 Å². The summed E-state index contributed by atoms with van der Waals surface area (Å²) in [6.07, 6.45) is 0. The topological polar surface area (TPSA) is 21.3 Å². The number of benzene rings is 2. The monoisotopic (exact) mass is 339 g/mol. The summed E-state index contributed by atoms with van der Waals surface area (Å²) in [6, 6.07) is 13.7. The molecular formula is C15H15BrClNO. The summed E-state index contributed by atoms with van der Waals surface area (Å²) >= 11 is 9.49. The van der Waals surface area contributed by atoms with Crippen LogP contribution >= 0.6 is 27.5 Å². The number of rotatable bonds is 5. The minimum atomic E-state index is 0.591. The van der Waals surface area contributed by atoms with E-state index >= 15 is 0 Å². The maximum absolute atomic E-state index is 6.05. The Hall–Kier alpha value is -1.19. The Morgan fingerprint density at radius 1 is 1.21 bits per heavy atom. The van der Waals surface area contributed by atoms with Crippen molar-refractivity contribution < 1.29 is 4.74 Å². The molecule has 2 aromatic rings. The van der Waals surface area contributed by atoms with Gasteiger partial charge in [0.25, 0.3) is 0 Å². The summed E-state index contributed by atoms with van der Waals surface area (Å²) in [5.74, 6) is 0.907. The molecule has 0 aliphatic carbocycles. The van der Waals surface area contributed by atoms with Crippen LogP contribution in [0.4, 0.5) is 5.69 Å². The van der Waals surface area contributed by atoms with Gasteiger partial charge in [0, 0.05) is 11.0 Å². The van der Waals surface area contributed by atoms with Crippen molar-refractivity contribution in [1.29, 1.82) is 0 Å². The second kappa shape index (κ2) is 6.83. The van der Waals surface area contributed by atoms with Crippen molar-refractivity contribution in [3.63, 3.8) is 0 Å². The molecule has 100 valence electrons. The van der Waals surface area contributed by atoms with Gasteiger partial charge < -0.3 is 10.1 Å². The van der Waals surface area contributed by atoms with Crippen molar-refractivity contribution in [2.45, 2.75) is 6.92 Å². The van der Waals surface area contributed by atoms with E-state index in [0.717, 1.165) is 26.5 Å². The lowest BCUT2D eigenvalue weighted by Gasteiger charge is -2.11. The van der Waals surface area contributed by atoms with Crippen LogP contribution in [0.15, 0.2) is 46.9 Å². The first-order valence-electron chi connectivity index (χ1n) is 6.04. The molecule has 0 fully saturated rings. The quantitative estimate of drug-likeness (QED) is 0.782. The highest BCUT2D eigenvalue weighted by Gasteiger charge is 2.01. The number of halogens is 2. The zero-order valence-corrected chi connectivity index (χ0v) is 13.0. The number of nitrogens with one attached hydrogen (secondary N) is 1. The summed E-state index contributed by atoms with van der Waals surface area (Å²) in [5, 5.41) is 3.97. The third-order valence-corrected chi connectivity index (χ3v) is 3.51. The van der Waals surface area contributed by atoms with Gasteiger partial charge in [0.1, 0.15) is 12.4 Å². The summed E-state index contributed by atoms with van der Waals surface area (Å²) in [7, 11) is 0. The molecule has 2 aromatic carbocycles. The van der Waals surface area contributed by atoms with E-state index in [1.165, 1.54) is 0 Å². The smallest absolute Gasteiger partial charge is 0.122 e. The second-order valence-electron chi connectivity index (χ2n) is 4.16. The van der Waals surface area contributed by atoms with E-state index < -0.39 is 0 Å². The van der Waals surface area contributed by atoms with Crippen LogP contribution < -0.4 is 10.1 Å². The van der Waals surface area contributed by atoms with Crippen molar-refractivity contribution in [2.24, 2.45) is 0 Å². The van der Waals surface area contributed by atoms with Gasteiger partial charge in [0.2, 0.25) is 0 Å². The molecule has 0 saturated heterocycles. The van der Waals surface area contributed by atoms with Gasteiger partial charge in [-0.05, 0) is 42.8 Å². The summed E-state index contributed by atoms with van der Waals surface area (Å²) < 4.78 is 6.79. The largest absolute Gasteiger partial charge is 0.491 e. The summed E-state index contributed by atoms with van der Waals surface area (Å²) in [6.45, 7) is 3.33. The summed E-state index contributed by atoms with van der Waals surface area (Å²) in [4.78, 5) is 0. The third kappa shape index (κ3) is 4.15. The standard InChI is InChI=1S/C15H15BrClNO/c1-11-10-12(16)6-7-15(11)19-9-8-18-14-5-3-2-4-13(14)17/h2-7,10,18H,8-9H2,1H3. The van der Waals surface area contributed by atoms with E-state index in [4.69, 9.17) is 16.3 Å². The molecule has 0 radical (unpaired) electrons. The molecule has 0 saturated carbocycles. The molecule has 1 N–H and O–H groups in total. The van der Waals surface area contributed by atoms with Crippen molar-refractivity contribution in [3.8, 4) is 5.75 Å². The van der Waals surface area contributed by atoms with Crippen molar-refractivity contribution in [2.75, 3.05) is 18.5 Å². The molecule has 2 rings (SSSR count). The van der Waals surface area contributed by atoms with Crippen LogP contribution in [0.25, 0.3) is 0 Å². The normalized spacial score (nSPS) is 10.3. The fraction of sp³-hybridized carbons (Fsp3) is 0.200. The van der Waals surface area contributed by atoms with Crippen LogP contribution in [0.1, 0.15) is 5.56 Å². The number of aryl methyl sites for hydroxylation is 1. The Bertz CT molecular complexity index is 560. The van der Waals surface area contributed by atoms with Gasteiger partial charge in [-0.1, -0.05) is 39.7 Å².